The van der Waals surface area contributed by atoms with Crippen LogP contribution in [0.15, 0.2) is 119 Å². The number of hydrogen-bond donors (Lipinski definition) is 2. The van der Waals surface area contributed by atoms with Crippen molar-refractivity contribution in [1.82, 2.24) is 5.43 Å². The van der Waals surface area contributed by atoms with Gasteiger partial charge in [0.15, 0.2) is 0 Å². The number of fused-ring (bicyclic) bond motifs is 1. The summed E-state index contributed by atoms with van der Waals surface area (Å²) in [5, 5.41) is 6.26. The van der Waals surface area contributed by atoms with Gasteiger partial charge in [0, 0.05) is 21.8 Å². The second kappa shape index (κ2) is 12.3. The van der Waals surface area contributed by atoms with E-state index in [1.54, 1.807) is 42.5 Å². The van der Waals surface area contributed by atoms with Crippen molar-refractivity contribution >= 4 is 56.2 Å². The van der Waals surface area contributed by atoms with Gasteiger partial charge in [-0.3, -0.25) is 9.52 Å². The van der Waals surface area contributed by atoms with Crippen molar-refractivity contribution in [2.45, 2.75) is 11.8 Å². The van der Waals surface area contributed by atoms with Gasteiger partial charge in [0.1, 0.15) is 5.75 Å². The van der Waals surface area contributed by atoms with Crippen LogP contribution in [0.4, 0.5) is 5.69 Å². The first-order valence-electron chi connectivity index (χ1n) is 12.7. The Morgan fingerprint density at radius 2 is 1.48 bits per heavy atom. The third kappa shape index (κ3) is 6.65. The van der Waals surface area contributed by atoms with Crippen LogP contribution in [0.5, 0.6) is 5.75 Å². The lowest BCUT2D eigenvalue weighted by molar-refractivity contribution is 0.0734. The average Bonchev–Trinajstić information content (AvgIpc) is 2.98. The van der Waals surface area contributed by atoms with Crippen molar-refractivity contribution in [3.8, 4) is 5.75 Å². The maximum absolute atomic E-state index is 12.8. The summed E-state index contributed by atoms with van der Waals surface area (Å²) in [6.45, 7) is 1.87. The van der Waals surface area contributed by atoms with E-state index in [1.165, 1.54) is 42.6 Å². The second-order valence-electron chi connectivity index (χ2n) is 9.29. The number of hydrogen-bond acceptors (Lipinski definition) is 6. The normalized spacial score (nSPS) is 11.4. The molecule has 0 saturated carbocycles. The number of nitrogens with one attached hydrogen (secondary N) is 2. The number of carbonyl (C=O) groups is 2. The van der Waals surface area contributed by atoms with Crippen molar-refractivity contribution < 1.29 is 22.7 Å². The quantitative estimate of drug-likeness (QED) is 0.0907. The number of esters is 1. The number of sulfonamides is 1. The molecule has 0 bridgehead atoms. The van der Waals surface area contributed by atoms with E-state index in [0.717, 1.165) is 16.3 Å². The number of halogens is 1. The Labute approximate surface area is 247 Å². The van der Waals surface area contributed by atoms with Gasteiger partial charge in [0.2, 0.25) is 0 Å². The summed E-state index contributed by atoms with van der Waals surface area (Å²) in [7, 11) is -3.77. The maximum Gasteiger partial charge on any atom is 0.343 e. The molecule has 1 amide bonds. The summed E-state index contributed by atoms with van der Waals surface area (Å²) in [5.74, 6) is -0.824. The lowest BCUT2D eigenvalue weighted by Crippen LogP contribution is -2.18. The summed E-state index contributed by atoms with van der Waals surface area (Å²) in [4.78, 5) is 25.7. The summed E-state index contributed by atoms with van der Waals surface area (Å²) in [6.07, 6.45) is 1.41. The molecule has 5 rings (SSSR count). The number of anilines is 1. The van der Waals surface area contributed by atoms with Gasteiger partial charge in [-0.1, -0.05) is 59.6 Å². The molecular weight excluding hydrogens is 574 g/mol. The first-order valence-corrected chi connectivity index (χ1v) is 14.6. The Balaban J connectivity index is 1.31. The van der Waals surface area contributed by atoms with Crippen LogP contribution in [0, 0.1) is 6.92 Å². The molecule has 0 heterocycles. The highest BCUT2D eigenvalue weighted by Gasteiger charge is 2.16. The Hall–Kier alpha value is -4.99. The SMILES string of the molecule is Cc1ccc(S(=O)(=O)Nc2ccc(C(=O)NN=Cc3c(OC(=O)c4ccc(Cl)cc4)ccc4ccccc34)cc2)cc1. The molecule has 8 nitrogen and oxygen atoms in total. The fraction of sp³-hybridized carbons (Fsp3) is 0.0312. The van der Waals surface area contributed by atoms with Gasteiger partial charge in [-0.25, -0.2) is 18.6 Å². The summed E-state index contributed by atoms with van der Waals surface area (Å²) >= 11 is 5.92. The summed E-state index contributed by atoms with van der Waals surface area (Å²) < 4.78 is 33.5. The molecule has 42 heavy (non-hydrogen) atoms. The first kappa shape index (κ1) is 28.5. The highest BCUT2D eigenvalue weighted by Crippen LogP contribution is 2.28. The van der Waals surface area contributed by atoms with E-state index in [2.05, 4.69) is 15.2 Å². The van der Waals surface area contributed by atoms with E-state index in [1.807, 2.05) is 37.3 Å². The standard InChI is InChI=1S/C32H24ClN3O5S/c1-21-6-17-27(18-7-21)42(39,40)36-26-15-10-23(11-16-26)31(37)35-34-20-29-28-5-3-2-4-22(28)12-19-30(29)41-32(38)24-8-13-25(33)14-9-24/h2-20,36H,1H3,(H,35,37). The molecule has 2 N–H and O–H groups in total. The summed E-state index contributed by atoms with van der Waals surface area (Å²) in [6, 6.07) is 29.7. The van der Waals surface area contributed by atoms with Gasteiger partial charge in [-0.2, -0.15) is 5.10 Å². The molecule has 5 aromatic rings. The molecule has 0 aliphatic heterocycles. The monoisotopic (exact) mass is 597 g/mol. The van der Waals surface area contributed by atoms with Crippen LogP contribution in [-0.2, 0) is 10.0 Å². The lowest BCUT2D eigenvalue weighted by Gasteiger charge is -2.11. The number of hydrazone groups is 1. The van der Waals surface area contributed by atoms with Crippen molar-refractivity contribution in [3.05, 3.63) is 136 Å². The van der Waals surface area contributed by atoms with E-state index < -0.39 is 21.9 Å². The van der Waals surface area contributed by atoms with Crippen LogP contribution in [0.3, 0.4) is 0 Å². The van der Waals surface area contributed by atoms with Crippen molar-refractivity contribution in [2.75, 3.05) is 4.72 Å². The van der Waals surface area contributed by atoms with Crippen LogP contribution < -0.4 is 14.9 Å². The molecule has 0 aromatic heterocycles. The lowest BCUT2D eigenvalue weighted by atomic mass is 10.0. The molecule has 5 aromatic carbocycles. The van der Waals surface area contributed by atoms with Crippen molar-refractivity contribution in [1.29, 1.82) is 0 Å². The molecule has 0 spiro atoms. The Morgan fingerprint density at radius 3 is 2.19 bits per heavy atom. The highest BCUT2D eigenvalue weighted by molar-refractivity contribution is 7.92. The number of nitrogens with zero attached hydrogens (tertiary/aromatic N) is 1. The van der Waals surface area contributed by atoms with Gasteiger partial charge in [-0.15, -0.1) is 0 Å². The smallest absolute Gasteiger partial charge is 0.343 e. The summed E-state index contributed by atoms with van der Waals surface area (Å²) in [5.41, 5.74) is 4.80. The minimum atomic E-state index is -3.77. The predicted molar refractivity (Wildman–Crippen MR) is 164 cm³/mol. The number of ether oxygens (including phenoxy) is 1. The molecule has 0 atom stereocenters. The van der Waals surface area contributed by atoms with Gasteiger partial charge in [0.05, 0.1) is 16.7 Å². The van der Waals surface area contributed by atoms with Crippen molar-refractivity contribution in [3.63, 3.8) is 0 Å². The van der Waals surface area contributed by atoms with E-state index in [0.29, 0.717) is 21.8 Å². The molecule has 0 saturated heterocycles. The fourth-order valence-corrected chi connectivity index (χ4v) is 5.27. The molecular formula is C32H24ClN3O5S. The van der Waals surface area contributed by atoms with Crippen LogP contribution in [0.2, 0.25) is 5.02 Å². The Morgan fingerprint density at radius 1 is 0.810 bits per heavy atom. The molecule has 10 heteroatoms. The zero-order valence-corrected chi connectivity index (χ0v) is 23.8. The largest absolute Gasteiger partial charge is 0.422 e. The van der Waals surface area contributed by atoms with Crippen LogP contribution in [-0.4, -0.2) is 26.5 Å². The zero-order valence-electron chi connectivity index (χ0n) is 22.2. The van der Waals surface area contributed by atoms with Gasteiger partial charge < -0.3 is 4.74 Å². The number of rotatable bonds is 8. The zero-order chi connectivity index (χ0) is 29.7. The Kier molecular flexibility index (Phi) is 8.33. The molecule has 210 valence electrons. The average molecular weight is 598 g/mol. The second-order valence-corrected chi connectivity index (χ2v) is 11.4. The first-order chi connectivity index (χ1) is 20.2. The highest BCUT2D eigenvalue weighted by atomic mass is 35.5. The Bertz CT molecular complexity index is 1910. The topological polar surface area (TPSA) is 114 Å². The third-order valence-corrected chi connectivity index (χ3v) is 7.95. The minimum absolute atomic E-state index is 0.135. The minimum Gasteiger partial charge on any atom is -0.422 e. The molecule has 0 unspecified atom stereocenters. The maximum atomic E-state index is 12.8. The molecule has 0 radical (unpaired) electrons. The van der Waals surface area contributed by atoms with E-state index in [4.69, 9.17) is 16.3 Å². The number of aryl methyl sites for hydroxylation is 1. The van der Waals surface area contributed by atoms with Crippen LogP contribution >= 0.6 is 11.6 Å². The van der Waals surface area contributed by atoms with E-state index >= 15 is 0 Å². The van der Waals surface area contributed by atoms with Crippen molar-refractivity contribution in [2.24, 2.45) is 5.10 Å². The third-order valence-electron chi connectivity index (χ3n) is 6.30. The van der Waals surface area contributed by atoms with Gasteiger partial charge in [-0.05, 0) is 84.4 Å². The molecule has 0 fully saturated rings. The fourth-order valence-electron chi connectivity index (χ4n) is 4.08. The van der Waals surface area contributed by atoms with Gasteiger partial charge >= 0.3 is 5.97 Å². The van der Waals surface area contributed by atoms with E-state index in [-0.39, 0.29) is 16.2 Å². The number of benzene rings is 5. The van der Waals surface area contributed by atoms with Crippen LogP contribution in [0.1, 0.15) is 31.8 Å². The number of amides is 1. The molecule has 0 aliphatic carbocycles. The molecule has 0 aliphatic rings. The van der Waals surface area contributed by atoms with Gasteiger partial charge in [0.25, 0.3) is 15.9 Å². The number of carbonyl (C=O) groups excluding carboxylic acids is 2. The van der Waals surface area contributed by atoms with E-state index in [9.17, 15) is 18.0 Å². The van der Waals surface area contributed by atoms with Crippen LogP contribution in [0.25, 0.3) is 10.8 Å². The predicted octanol–water partition coefficient (Wildman–Crippen LogP) is 6.59.